The largest absolute Gasteiger partial charge is 0.395 e. The van der Waals surface area contributed by atoms with E-state index in [1.54, 1.807) is 0 Å². The van der Waals surface area contributed by atoms with Crippen LogP contribution in [0.1, 0.15) is 13.3 Å². The molecule has 16 heavy (non-hydrogen) atoms. The van der Waals surface area contributed by atoms with Crippen molar-refractivity contribution in [1.82, 2.24) is 15.1 Å². The molecule has 0 aromatic heterocycles. The van der Waals surface area contributed by atoms with Gasteiger partial charge in [0.15, 0.2) is 0 Å². The van der Waals surface area contributed by atoms with Crippen molar-refractivity contribution in [2.75, 3.05) is 52.4 Å². The molecule has 0 saturated carbocycles. The molecule has 0 amide bonds. The highest BCUT2D eigenvalue weighted by atomic mass is 16.3. The number of hydrogen-bond acceptors (Lipinski definition) is 4. The summed E-state index contributed by atoms with van der Waals surface area (Å²) in [7, 11) is 0. The first-order valence-electron chi connectivity index (χ1n) is 6.63. The summed E-state index contributed by atoms with van der Waals surface area (Å²) in [5, 5.41) is 12.4. The molecule has 2 saturated heterocycles. The smallest absolute Gasteiger partial charge is 0.0558 e. The molecule has 2 atom stereocenters. The normalized spacial score (nSPS) is 33.4. The summed E-state index contributed by atoms with van der Waals surface area (Å²) in [5.74, 6) is 0.837. The van der Waals surface area contributed by atoms with E-state index in [4.69, 9.17) is 5.11 Å². The van der Waals surface area contributed by atoms with E-state index in [0.717, 1.165) is 31.6 Å². The third kappa shape index (κ3) is 2.74. The molecule has 4 nitrogen and oxygen atoms in total. The summed E-state index contributed by atoms with van der Waals surface area (Å²) in [4.78, 5) is 5.00. The zero-order chi connectivity index (χ0) is 11.4. The van der Waals surface area contributed by atoms with Crippen molar-refractivity contribution >= 4 is 0 Å². The predicted octanol–water partition coefficient (Wildman–Crippen LogP) is -0.406. The number of β-amino-alcohol motifs (C(OH)–C–C–N with tert-alkyl or cyclic N) is 1. The van der Waals surface area contributed by atoms with Crippen LogP contribution in [0, 0.1) is 5.92 Å². The van der Waals surface area contributed by atoms with Crippen LogP contribution in [0.3, 0.4) is 0 Å². The van der Waals surface area contributed by atoms with Gasteiger partial charge in [0, 0.05) is 45.3 Å². The fourth-order valence-corrected chi connectivity index (χ4v) is 3.02. The molecule has 0 spiro atoms. The predicted molar refractivity (Wildman–Crippen MR) is 65.5 cm³/mol. The minimum atomic E-state index is 0.294. The Hall–Kier alpha value is -0.160. The molecule has 2 aliphatic rings. The number of aliphatic hydroxyl groups is 1. The Morgan fingerprint density at radius 2 is 1.94 bits per heavy atom. The van der Waals surface area contributed by atoms with Crippen molar-refractivity contribution < 1.29 is 5.11 Å². The Morgan fingerprint density at radius 1 is 1.19 bits per heavy atom. The molecule has 2 heterocycles. The minimum absolute atomic E-state index is 0.294. The number of piperazine rings is 1. The molecule has 0 aromatic carbocycles. The molecular formula is C12H25N3O. The molecule has 2 rings (SSSR count). The van der Waals surface area contributed by atoms with E-state index in [9.17, 15) is 0 Å². The van der Waals surface area contributed by atoms with Gasteiger partial charge in [0.05, 0.1) is 6.61 Å². The number of rotatable bonds is 4. The Bertz CT molecular complexity index is 204. The number of nitrogens with one attached hydrogen (secondary N) is 1. The standard InChI is InChI=1S/C12H25N3O/c1-2-11-9-13-10-12(11)15-5-3-14(4-6-15)7-8-16/h11-13,16H,2-10H2,1H3. The zero-order valence-electron chi connectivity index (χ0n) is 10.4. The van der Waals surface area contributed by atoms with Gasteiger partial charge in [-0.15, -0.1) is 0 Å². The molecule has 2 aliphatic heterocycles. The fourth-order valence-electron chi connectivity index (χ4n) is 3.02. The van der Waals surface area contributed by atoms with Crippen molar-refractivity contribution in [2.24, 2.45) is 5.92 Å². The lowest BCUT2D eigenvalue weighted by atomic mass is 9.99. The first kappa shape index (κ1) is 12.3. The summed E-state index contributed by atoms with van der Waals surface area (Å²) >= 11 is 0. The van der Waals surface area contributed by atoms with E-state index in [-0.39, 0.29) is 0 Å². The van der Waals surface area contributed by atoms with Crippen LogP contribution in [-0.4, -0.2) is 73.4 Å². The minimum Gasteiger partial charge on any atom is -0.395 e. The van der Waals surface area contributed by atoms with Crippen molar-refractivity contribution in [1.29, 1.82) is 0 Å². The molecule has 94 valence electrons. The molecule has 2 fully saturated rings. The highest BCUT2D eigenvalue weighted by Gasteiger charge is 2.32. The van der Waals surface area contributed by atoms with E-state index in [1.165, 1.54) is 32.6 Å². The quantitative estimate of drug-likeness (QED) is 0.685. The van der Waals surface area contributed by atoms with Crippen molar-refractivity contribution in [2.45, 2.75) is 19.4 Å². The molecule has 0 radical (unpaired) electrons. The van der Waals surface area contributed by atoms with Crippen LogP contribution in [0.15, 0.2) is 0 Å². The lowest BCUT2D eigenvalue weighted by Gasteiger charge is -2.39. The second-order valence-electron chi connectivity index (χ2n) is 5.00. The first-order valence-corrected chi connectivity index (χ1v) is 6.63. The van der Waals surface area contributed by atoms with Crippen LogP contribution in [0.25, 0.3) is 0 Å². The van der Waals surface area contributed by atoms with Gasteiger partial charge in [0.25, 0.3) is 0 Å². The van der Waals surface area contributed by atoms with E-state index in [0.29, 0.717) is 6.61 Å². The van der Waals surface area contributed by atoms with Crippen LogP contribution < -0.4 is 5.32 Å². The van der Waals surface area contributed by atoms with Gasteiger partial charge in [-0.2, -0.15) is 0 Å². The molecule has 0 bridgehead atoms. The maximum atomic E-state index is 8.91. The van der Waals surface area contributed by atoms with Crippen LogP contribution in [0.4, 0.5) is 0 Å². The van der Waals surface area contributed by atoms with Gasteiger partial charge in [-0.3, -0.25) is 9.80 Å². The Morgan fingerprint density at radius 3 is 2.56 bits per heavy atom. The second-order valence-corrected chi connectivity index (χ2v) is 5.00. The van der Waals surface area contributed by atoms with Crippen LogP contribution in [-0.2, 0) is 0 Å². The van der Waals surface area contributed by atoms with Gasteiger partial charge in [0.2, 0.25) is 0 Å². The van der Waals surface area contributed by atoms with E-state index >= 15 is 0 Å². The van der Waals surface area contributed by atoms with Crippen LogP contribution in [0.2, 0.25) is 0 Å². The molecule has 0 aliphatic carbocycles. The molecule has 2 N–H and O–H groups in total. The number of aliphatic hydroxyl groups excluding tert-OH is 1. The Kier molecular flexibility index (Phi) is 4.58. The van der Waals surface area contributed by atoms with Gasteiger partial charge in [0.1, 0.15) is 0 Å². The van der Waals surface area contributed by atoms with E-state index in [1.807, 2.05) is 0 Å². The second kappa shape index (κ2) is 5.96. The van der Waals surface area contributed by atoms with E-state index in [2.05, 4.69) is 22.0 Å². The average molecular weight is 227 g/mol. The molecule has 4 heteroatoms. The molecule has 0 aromatic rings. The maximum Gasteiger partial charge on any atom is 0.0558 e. The van der Waals surface area contributed by atoms with Crippen molar-refractivity contribution in [3.8, 4) is 0 Å². The third-order valence-electron chi connectivity index (χ3n) is 4.12. The van der Waals surface area contributed by atoms with Crippen molar-refractivity contribution in [3.63, 3.8) is 0 Å². The van der Waals surface area contributed by atoms with Gasteiger partial charge in [-0.25, -0.2) is 0 Å². The highest BCUT2D eigenvalue weighted by Crippen LogP contribution is 2.20. The first-order chi connectivity index (χ1) is 7.85. The van der Waals surface area contributed by atoms with E-state index < -0.39 is 0 Å². The van der Waals surface area contributed by atoms with Gasteiger partial charge < -0.3 is 10.4 Å². The maximum absolute atomic E-state index is 8.91. The number of nitrogens with zero attached hydrogens (tertiary/aromatic N) is 2. The zero-order valence-corrected chi connectivity index (χ0v) is 10.4. The lowest BCUT2D eigenvalue weighted by molar-refractivity contribution is 0.0747. The van der Waals surface area contributed by atoms with Crippen molar-refractivity contribution in [3.05, 3.63) is 0 Å². The average Bonchev–Trinajstić information content (AvgIpc) is 2.78. The molecule has 2 unspecified atom stereocenters. The van der Waals surface area contributed by atoms with Crippen LogP contribution in [0.5, 0.6) is 0 Å². The Labute approximate surface area is 98.6 Å². The van der Waals surface area contributed by atoms with Crippen LogP contribution >= 0.6 is 0 Å². The van der Waals surface area contributed by atoms with Gasteiger partial charge in [-0.1, -0.05) is 13.3 Å². The summed E-state index contributed by atoms with van der Waals surface area (Å²) < 4.78 is 0. The number of hydrogen-bond donors (Lipinski definition) is 2. The third-order valence-corrected chi connectivity index (χ3v) is 4.12. The van der Waals surface area contributed by atoms with Gasteiger partial charge in [-0.05, 0) is 12.5 Å². The summed E-state index contributed by atoms with van der Waals surface area (Å²) in [6.07, 6.45) is 1.29. The lowest BCUT2D eigenvalue weighted by Crippen LogP contribution is -2.52. The monoisotopic (exact) mass is 227 g/mol. The summed E-state index contributed by atoms with van der Waals surface area (Å²) in [6.45, 7) is 10.4. The van der Waals surface area contributed by atoms with Gasteiger partial charge >= 0.3 is 0 Å². The summed E-state index contributed by atoms with van der Waals surface area (Å²) in [5.41, 5.74) is 0. The summed E-state index contributed by atoms with van der Waals surface area (Å²) in [6, 6.07) is 0.751. The highest BCUT2D eigenvalue weighted by molar-refractivity contribution is 4.90. The topological polar surface area (TPSA) is 38.7 Å². The fraction of sp³-hybridized carbons (Fsp3) is 1.00. The molecular weight excluding hydrogens is 202 g/mol. The SMILES string of the molecule is CCC1CNCC1N1CCN(CCO)CC1. The Balaban J connectivity index is 1.79.